The second-order valence-corrected chi connectivity index (χ2v) is 4.48. The molecule has 0 spiro atoms. The predicted octanol–water partition coefficient (Wildman–Crippen LogP) is 0.734. The second-order valence-electron chi connectivity index (χ2n) is 3.33. The summed E-state index contributed by atoms with van der Waals surface area (Å²) in [5.74, 6) is 2.10. The lowest BCUT2D eigenvalue weighted by Crippen LogP contribution is -2.15. The van der Waals surface area contributed by atoms with Gasteiger partial charge in [0.1, 0.15) is 5.75 Å². The van der Waals surface area contributed by atoms with E-state index in [4.69, 9.17) is 20.7 Å². The van der Waals surface area contributed by atoms with Crippen molar-refractivity contribution in [1.82, 2.24) is 0 Å². The van der Waals surface area contributed by atoms with Crippen LogP contribution in [0.15, 0.2) is 24.3 Å². The molecule has 1 unspecified atom stereocenters. The number of nitrogens with two attached hydrogens (primary N) is 1. The Morgan fingerprint density at radius 1 is 1.31 bits per heavy atom. The van der Waals surface area contributed by atoms with Gasteiger partial charge in [0, 0.05) is 17.2 Å². The van der Waals surface area contributed by atoms with Gasteiger partial charge in [0.25, 0.3) is 0 Å². The SMILES string of the molecule is Nc1ccc(OCCSCC(O)CO)cc1. The summed E-state index contributed by atoms with van der Waals surface area (Å²) in [6.07, 6.45) is -0.637. The molecule has 90 valence electrons. The lowest BCUT2D eigenvalue weighted by Gasteiger charge is -2.08. The Kier molecular flexibility index (Phi) is 6.07. The number of hydrogen-bond acceptors (Lipinski definition) is 5. The summed E-state index contributed by atoms with van der Waals surface area (Å²) in [6, 6.07) is 7.22. The molecule has 0 bridgehead atoms. The molecule has 0 amide bonds. The Balaban J connectivity index is 2.09. The molecule has 1 rings (SSSR count). The number of ether oxygens (including phenoxy) is 1. The number of aliphatic hydroxyl groups is 2. The zero-order chi connectivity index (χ0) is 11.8. The molecular weight excluding hydrogens is 226 g/mol. The van der Waals surface area contributed by atoms with Gasteiger partial charge in [0.15, 0.2) is 0 Å². The van der Waals surface area contributed by atoms with Crippen molar-refractivity contribution in [3.8, 4) is 5.75 Å². The predicted molar refractivity (Wildman–Crippen MR) is 66.8 cm³/mol. The molecule has 0 aliphatic heterocycles. The lowest BCUT2D eigenvalue weighted by molar-refractivity contribution is 0.113. The molecule has 0 fully saturated rings. The summed E-state index contributed by atoms with van der Waals surface area (Å²) < 4.78 is 5.46. The van der Waals surface area contributed by atoms with Gasteiger partial charge in [0.05, 0.1) is 19.3 Å². The summed E-state index contributed by atoms with van der Waals surface area (Å²) in [4.78, 5) is 0. The zero-order valence-electron chi connectivity index (χ0n) is 9.00. The van der Waals surface area contributed by atoms with Gasteiger partial charge in [-0.3, -0.25) is 0 Å². The highest BCUT2D eigenvalue weighted by Crippen LogP contribution is 2.13. The van der Waals surface area contributed by atoms with E-state index in [-0.39, 0.29) is 6.61 Å². The first kappa shape index (κ1) is 13.2. The largest absolute Gasteiger partial charge is 0.493 e. The van der Waals surface area contributed by atoms with Gasteiger partial charge in [-0.2, -0.15) is 11.8 Å². The Morgan fingerprint density at radius 2 is 2.00 bits per heavy atom. The van der Waals surface area contributed by atoms with Crippen LogP contribution in [0.3, 0.4) is 0 Å². The van der Waals surface area contributed by atoms with Crippen LogP contribution in [0.2, 0.25) is 0 Å². The molecule has 5 heteroatoms. The van der Waals surface area contributed by atoms with E-state index in [1.807, 2.05) is 12.1 Å². The van der Waals surface area contributed by atoms with Gasteiger partial charge < -0.3 is 20.7 Å². The van der Waals surface area contributed by atoms with Crippen molar-refractivity contribution in [1.29, 1.82) is 0 Å². The third-order valence-corrected chi connectivity index (χ3v) is 2.97. The second kappa shape index (κ2) is 7.38. The minimum atomic E-state index is -0.637. The van der Waals surface area contributed by atoms with Crippen molar-refractivity contribution in [2.45, 2.75) is 6.10 Å². The third kappa shape index (κ3) is 5.25. The Labute approximate surface area is 99.4 Å². The van der Waals surface area contributed by atoms with Crippen molar-refractivity contribution in [2.24, 2.45) is 0 Å². The Hall–Kier alpha value is -0.910. The van der Waals surface area contributed by atoms with Gasteiger partial charge in [-0.1, -0.05) is 0 Å². The van der Waals surface area contributed by atoms with Crippen LogP contribution in [0.25, 0.3) is 0 Å². The average Bonchev–Trinajstić information content (AvgIpc) is 2.31. The van der Waals surface area contributed by atoms with Gasteiger partial charge in [-0.15, -0.1) is 0 Å². The number of anilines is 1. The molecule has 1 aromatic rings. The maximum absolute atomic E-state index is 9.08. The van der Waals surface area contributed by atoms with E-state index in [1.165, 1.54) is 0 Å². The number of nitrogen functional groups attached to an aromatic ring is 1. The van der Waals surface area contributed by atoms with E-state index in [9.17, 15) is 0 Å². The maximum Gasteiger partial charge on any atom is 0.119 e. The number of aliphatic hydroxyl groups excluding tert-OH is 2. The van der Waals surface area contributed by atoms with Crippen molar-refractivity contribution < 1.29 is 14.9 Å². The van der Waals surface area contributed by atoms with Gasteiger partial charge in [0.2, 0.25) is 0 Å². The molecule has 0 aromatic heterocycles. The molecule has 4 nitrogen and oxygen atoms in total. The lowest BCUT2D eigenvalue weighted by atomic mass is 10.3. The topological polar surface area (TPSA) is 75.7 Å². The Morgan fingerprint density at radius 3 is 2.62 bits per heavy atom. The number of hydrogen-bond donors (Lipinski definition) is 3. The minimum Gasteiger partial charge on any atom is -0.493 e. The summed E-state index contributed by atoms with van der Waals surface area (Å²) >= 11 is 1.55. The van der Waals surface area contributed by atoms with E-state index in [0.29, 0.717) is 18.0 Å². The van der Waals surface area contributed by atoms with E-state index in [1.54, 1.807) is 23.9 Å². The molecular formula is C11H17NO3S. The van der Waals surface area contributed by atoms with Crippen LogP contribution in [0.4, 0.5) is 5.69 Å². The maximum atomic E-state index is 9.08. The van der Waals surface area contributed by atoms with Gasteiger partial charge >= 0.3 is 0 Å². The van der Waals surface area contributed by atoms with Crippen LogP contribution >= 0.6 is 11.8 Å². The quantitative estimate of drug-likeness (QED) is 0.486. The first-order chi connectivity index (χ1) is 7.72. The number of benzene rings is 1. The summed E-state index contributed by atoms with van der Waals surface area (Å²) in [7, 11) is 0. The number of thioether (sulfide) groups is 1. The van der Waals surface area contributed by atoms with E-state index in [0.717, 1.165) is 11.5 Å². The fourth-order valence-corrected chi connectivity index (χ4v) is 1.80. The first-order valence-electron chi connectivity index (χ1n) is 5.07. The minimum absolute atomic E-state index is 0.189. The smallest absolute Gasteiger partial charge is 0.119 e. The molecule has 0 heterocycles. The fraction of sp³-hybridized carbons (Fsp3) is 0.455. The van der Waals surface area contributed by atoms with E-state index in [2.05, 4.69) is 0 Å². The van der Waals surface area contributed by atoms with Crippen LogP contribution in [-0.4, -0.2) is 41.0 Å². The fourth-order valence-electron chi connectivity index (χ4n) is 1.05. The van der Waals surface area contributed by atoms with Crippen LogP contribution in [0, 0.1) is 0 Å². The van der Waals surface area contributed by atoms with E-state index < -0.39 is 6.10 Å². The molecule has 0 radical (unpaired) electrons. The molecule has 16 heavy (non-hydrogen) atoms. The van der Waals surface area contributed by atoms with E-state index >= 15 is 0 Å². The molecule has 1 aromatic carbocycles. The Bertz CT molecular complexity index is 292. The highest BCUT2D eigenvalue weighted by atomic mass is 32.2. The highest BCUT2D eigenvalue weighted by molar-refractivity contribution is 7.99. The first-order valence-corrected chi connectivity index (χ1v) is 6.23. The van der Waals surface area contributed by atoms with Crippen LogP contribution < -0.4 is 10.5 Å². The zero-order valence-corrected chi connectivity index (χ0v) is 9.82. The standard InChI is InChI=1S/C11H17NO3S/c12-9-1-3-11(4-2-9)15-5-6-16-8-10(14)7-13/h1-4,10,13-14H,5-8,12H2. The average molecular weight is 243 g/mol. The van der Waals surface area contributed by atoms with Crippen molar-refractivity contribution in [2.75, 3.05) is 30.5 Å². The van der Waals surface area contributed by atoms with Crippen molar-refractivity contribution >= 4 is 17.4 Å². The normalized spacial score (nSPS) is 12.4. The van der Waals surface area contributed by atoms with Crippen LogP contribution in [-0.2, 0) is 0 Å². The monoisotopic (exact) mass is 243 g/mol. The third-order valence-electron chi connectivity index (χ3n) is 1.90. The number of rotatable bonds is 7. The van der Waals surface area contributed by atoms with Crippen molar-refractivity contribution in [3.63, 3.8) is 0 Å². The van der Waals surface area contributed by atoms with Crippen LogP contribution in [0.1, 0.15) is 0 Å². The summed E-state index contributed by atoms with van der Waals surface area (Å²) in [6.45, 7) is 0.387. The molecule has 1 atom stereocenters. The van der Waals surface area contributed by atoms with Gasteiger partial charge in [-0.05, 0) is 24.3 Å². The van der Waals surface area contributed by atoms with Crippen molar-refractivity contribution in [3.05, 3.63) is 24.3 Å². The summed E-state index contributed by atoms with van der Waals surface area (Å²) in [5, 5.41) is 17.7. The molecule has 0 aliphatic carbocycles. The molecule has 0 saturated heterocycles. The van der Waals surface area contributed by atoms with Crippen LogP contribution in [0.5, 0.6) is 5.75 Å². The molecule has 4 N–H and O–H groups in total. The summed E-state index contributed by atoms with van der Waals surface area (Å²) in [5.41, 5.74) is 6.26. The highest BCUT2D eigenvalue weighted by Gasteiger charge is 2.01. The molecule has 0 aliphatic rings. The van der Waals surface area contributed by atoms with Gasteiger partial charge in [-0.25, -0.2) is 0 Å². The molecule has 0 saturated carbocycles.